The number of likely N-dealkylation sites (N-methyl/N-ethyl adjacent to an activating group) is 1. The molecule has 1 rings (SSSR count). The zero-order chi connectivity index (χ0) is 19.2. The number of esters is 1. The maximum absolute atomic E-state index is 13.1. The molecule has 0 heterocycles. The number of ether oxygens (including phenoxy) is 1. The summed E-state index contributed by atoms with van der Waals surface area (Å²) in [6, 6.07) is 3.58. The maximum atomic E-state index is 13.1. The monoisotopic (exact) mass is 349 g/mol. The first kappa shape index (κ1) is 21.2. The van der Waals surface area contributed by atoms with E-state index in [1.807, 2.05) is 19.9 Å². The standard InChI is InChI=1S/C20H32N2O3/c1-8-11-17(22(6,9-2)10-3)19(23)21-18-15(5)12-14(4)13-16(18)20(24)25-7/h12-13,17H,8-11H2,1-7H3/p+1. The van der Waals surface area contributed by atoms with Crippen molar-refractivity contribution in [1.29, 1.82) is 0 Å². The highest BCUT2D eigenvalue weighted by atomic mass is 16.5. The van der Waals surface area contributed by atoms with Gasteiger partial charge in [0.15, 0.2) is 6.04 Å². The lowest BCUT2D eigenvalue weighted by Gasteiger charge is -2.39. The van der Waals surface area contributed by atoms with Gasteiger partial charge in [0.25, 0.3) is 5.91 Å². The Hall–Kier alpha value is -1.88. The molecule has 5 heteroatoms. The van der Waals surface area contributed by atoms with Crippen molar-refractivity contribution in [3.05, 3.63) is 28.8 Å². The van der Waals surface area contributed by atoms with Crippen LogP contribution in [0, 0.1) is 13.8 Å². The second kappa shape index (κ2) is 8.99. The highest BCUT2D eigenvalue weighted by molar-refractivity contribution is 6.03. The molecule has 0 aliphatic heterocycles. The van der Waals surface area contributed by atoms with Gasteiger partial charge in [0.1, 0.15) is 0 Å². The van der Waals surface area contributed by atoms with Crippen molar-refractivity contribution >= 4 is 17.6 Å². The highest BCUT2D eigenvalue weighted by Gasteiger charge is 2.35. The van der Waals surface area contributed by atoms with E-state index in [0.717, 1.165) is 37.1 Å². The number of amides is 1. The number of nitrogens with zero attached hydrogens (tertiary/aromatic N) is 1. The van der Waals surface area contributed by atoms with E-state index in [0.29, 0.717) is 15.7 Å². The Morgan fingerprint density at radius 2 is 1.76 bits per heavy atom. The van der Waals surface area contributed by atoms with Crippen LogP contribution >= 0.6 is 0 Å². The summed E-state index contributed by atoms with van der Waals surface area (Å²) in [7, 11) is 3.47. The van der Waals surface area contributed by atoms with E-state index in [1.165, 1.54) is 7.11 Å². The first-order chi connectivity index (χ1) is 11.7. The summed E-state index contributed by atoms with van der Waals surface area (Å²) in [5.74, 6) is -0.470. The van der Waals surface area contributed by atoms with Crippen LogP contribution in [0.4, 0.5) is 5.69 Å². The SMILES string of the molecule is CCCC(C(=O)Nc1c(C)cc(C)cc1C(=O)OC)[N+](C)(CC)CC. The second-order valence-corrected chi connectivity index (χ2v) is 6.90. The maximum Gasteiger partial charge on any atom is 0.339 e. The Morgan fingerprint density at radius 1 is 1.16 bits per heavy atom. The molecule has 5 nitrogen and oxygen atoms in total. The van der Waals surface area contributed by atoms with Gasteiger partial charge in [0.2, 0.25) is 0 Å². The second-order valence-electron chi connectivity index (χ2n) is 6.90. The van der Waals surface area contributed by atoms with Gasteiger partial charge in [-0.2, -0.15) is 0 Å². The van der Waals surface area contributed by atoms with Crippen LogP contribution < -0.4 is 5.32 Å². The minimum absolute atomic E-state index is 0.0369. The van der Waals surface area contributed by atoms with Crippen LogP contribution in [-0.4, -0.2) is 49.6 Å². The number of quaternary nitrogens is 1. The summed E-state index contributed by atoms with van der Waals surface area (Å²) >= 11 is 0. The van der Waals surface area contributed by atoms with Crippen molar-refractivity contribution in [3.63, 3.8) is 0 Å². The Balaban J connectivity index is 3.27. The third-order valence-electron chi connectivity index (χ3n) is 5.20. The zero-order valence-electron chi connectivity index (χ0n) is 16.7. The van der Waals surface area contributed by atoms with Gasteiger partial charge in [-0.05, 0) is 51.3 Å². The molecule has 0 saturated heterocycles. The van der Waals surface area contributed by atoms with Crippen LogP contribution in [-0.2, 0) is 9.53 Å². The van der Waals surface area contributed by atoms with Crippen LogP contribution in [0.1, 0.15) is 55.1 Å². The highest BCUT2D eigenvalue weighted by Crippen LogP contribution is 2.25. The quantitative estimate of drug-likeness (QED) is 0.575. The van der Waals surface area contributed by atoms with Gasteiger partial charge in [0.05, 0.1) is 38.5 Å². The molecule has 25 heavy (non-hydrogen) atoms. The summed E-state index contributed by atoms with van der Waals surface area (Å²) in [5.41, 5.74) is 2.79. The van der Waals surface area contributed by atoms with E-state index >= 15 is 0 Å². The third kappa shape index (κ3) is 4.82. The fraction of sp³-hybridized carbons (Fsp3) is 0.600. The lowest BCUT2D eigenvalue weighted by molar-refractivity contribution is -0.921. The molecule has 1 aromatic carbocycles. The van der Waals surface area contributed by atoms with Gasteiger partial charge in [-0.15, -0.1) is 0 Å². The van der Waals surface area contributed by atoms with Crippen molar-refractivity contribution in [2.45, 2.75) is 53.5 Å². The van der Waals surface area contributed by atoms with Crippen molar-refractivity contribution < 1.29 is 18.8 Å². The molecule has 0 aromatic heterocycles. The summed E-state index contributed by atoms with van der Waals surface area (Å²) in [5, 5.41) is 3.03. The van der Waals surface area contributed by atoms with E-state index in [-0.39, 0.29) is 11.9 Å². The van der Waals surface area contributed by atoms with Gasteiger partial charge in [-0.1, -0.05) is 13.0 Å². The molecule has 0 aliphatic rings. The number of nitrogens with one attached hydrogen (secondary N) is 1. The predicted octanol–water partition coefficient (Wildman–Crippen LogP) is 3.68. The van der Waals surface area contributed by atoms with Gasteiger partial charge in [0, 0.05) is 6.42 Å². The largest absolute Gasteiger partial charge is 0.465 e. The zero-order valence-corrected chi connectivity index (χ0v) is 16.7. The number of hydrogen-bond acceptors (Lipinski definition) is 3. The number of benzene rings is 1. The van der Waals surface area contributed by atoms with Crippen molar-refractivity contribution in [1.82, 2.24) is 0 Å². The fourth-order valence-electron chi connectivity index (χ4n) is 3.27. The van der Waals surface area contributed by atoms with Crippen LogP contribution in [0.15, 0.2) is 12.1 Å². The van der Waals surface area contributed by atoms with E-state index in [2.05, 4.69) is 33.1 Å². The summed E-state index contributed by atoms with van der Waals surface area (Å²) in [6.45, 7) is 11.9. The molecular weight excluding hydrogens is 316 g/mol. The average Bonchev–Trinajstić information content (AvgIpc) is 2.60. The first-order valence-corrected chi connectivity index (χ1v) is 9.08. The molecule has 1 aromatic rings. The number of aryl methyl sites for hydroxylation is 2. The molecule has 0 fully saturated rings. The Morgan fingerprint density at radius 3 is 2.24 bits per heavy atom. The average molecular weight is 349 g/mol. The molecule has 0 aliphatic carbocycles. The van der Waals surface area contributed by atoms with Gasteiger partial charge in [-0.25, -0.2) is 4.79 Å². The fourth-order valence-corrected chi connectivity index (χ4v) is 3.27. The Bertz CT molecular complexity index is 622. The van der Waals surface area contributed by atoms with Gasteiger partial charge < -0.3 is 14.5 Å². The molecule has 1 N–H and O–H groups in total. The number of methoxy groups -OCH3 is 1. The summed E-state index contributed by atoms with van der Waals surface area (Å²) < 4.78 is 5.57. The van der Waals surface area contributed by atoms with Crippen LogP contribution in [0.25, 0.3) is 0 Å². The van der Waals surface area contributed by atoms with Gasteiger partial charge in [-0.3, -0.25) is 4.79 Å². The molecule has 1 amide bonds. The van der Waals surface area contributed by atoms with Gasteiger partial charge >= 0.3 is 5.97 Å². The molecule has 1 unspecified atom stereocenters. The molecule has 140 valence electrons. The predicted molar refractivity (Wildman–Crippen MR) is 102 cm³/mol. The molecule has 1 atom stereocenters. The van der Waals surface area contributed by atoms with E-state index in [1.54, 1.807) is 6.07 Å². The molecule has 0 saturated carbocycles. The van der Waals surface area contributed by atoms with Crippen LogP contribution in [0.5, 0.6) is 0 Å². The number of hydrogen-bond donors (Lipinski definition) is 1. The smallest absolute Gasteiger partial charge is 0.339 e. The van der Waals surface area contributed by atoms with Crippen molar-refractivity contribution in [2.75, 3.05) is 32.6 Å². The Labute approximate surface area is 151 Å². The summed E-state index contributed by atoms with van der Waals surface area (Å²) in [4.78, 5) is 25.2. The lowest BCUT2D eigenvalue weighted by atomic mass is 10.0. The minimum atomic E-state index is -0.433. The number of anilines is 1. The van der Waals surface area contributed by atoms with E-state index < -0.39 is 5.97 Å². The minimum Gasteiger partial charge on any atom is -0.465 e. The van der Waals surface area contributed by atoms with Crippen molar-refractivity contribution in [3.8, 4) is 0 Å². The molecule has 0 radical (unpaired) electrons. The number of rotatable bonds is 8. The number of carbonyl (C=O) groups excluding carboxylic acids is 2. The Kier molecular flexibility index (Phi) is 7.61. The van der Waals surface area contributed by atoms with Crippen LogP contribution in [0.2, 0.25) is 0 Å². The van der Waals surface area contributed by atoms with E-state index in [9.17, 15) is 9.59 Å². The molecule has 0 spiro atoms. The lowest BCUT2D eigenvalue weighted by Crippen LogP contribution is -2.57. The van der Waals surface area contributed by atoms with E-state index in [4.69, 9.17) is 4.74 Å². The topological polar surface area (TPSA) is 55.4 Å². The van der Waals surface area contributed by atoms with Crippen molar-refractivity contribution in [2.24, 2.45) is 0 Å². The molecule has 0 bridgehead atoms. The first-order valence-electron chi connectivity index (χ1n) is 9.08. The molecular formula is C20H33N2O3+. The third-order valence-corrected chi connectivity index (χ3v) is 5.20. The normalized spacial score (nSPS) is 12.6. The number of carbonyl (C=O) groups is 2. The van der Waals surface area contributed by atoms with Crippen LogP contribution in [0.3, 0.4) is 0 Å². The summed E-state index contributed by atoms with van der Waals surface area (Å²) in [6.07, 6.45) is 1.74.